The van der Waals surface area contributed by atoms with Gasteiger partial charge in [-0.15, -0.1) is 0 Å². The molecule has 0 aliphatic carbocycles. The molecule has 2 amide bonds. The van der Waals surface area contributed by atoms with Crippen molar-refractivity contribution in [3.8, 4) is 0 Å². The van der Waals surface area contributed by atoms with Crippen molar-refractivity contribution in [2.24, 2.45) is 0 Å². The van der Waals surface area contributed by atoms with E-state index in [1.54, 1.807) is 20.5 Å². The number of likely N-dealkylation sites (N-methyl/N-ethyl adjacent to an activating group) is 1. The van der Waals surface area contributed by atoms with Gasteiger partial charge in [0.25, 0.3) is 0 Å². The average Bonchev–Trinajstić information content (AvgIpc) is 2.01. The second kappa shape index (κ2) is 4.23. The Morgan fingerprint density at radius 3 is 2.69 bits per heavy atom. The van der Waals surface area contributed by atoms with Crippen LogP contribution in [0, 0.1) is 0 Å². The lowest BCUT2D eigenvalue weighted by Crippen LogP contribution is -2.52. The van der Waals surface area contributed by atoms with Gasteiger partial charge in [0, 0.05) is 27.2 Å². The second-order valence-corrected chi connectivity index (χ2v) is 3.22. The Labute approximate surface area is 77.2 Å². The molecule has 1 rings (SSSR count). The van der Waals surface area contributed by atoms with Crippen molar-refractivity contribution in [2.75, 3.05) is 33.8 Å². The molecule has 5 nitrogen and oxygen atoms in total. The van der Waals surface area contributed by atoms with Crippen LogP contribution in [0.5, 0.6) is 0 Å². The Bertz CT molecular complexity index is 200. The SMILES string of the molecule is CN(C)C(=O)COC1CN([C]=O)C1. The molecule has 1 aliphatic heterocycles. The van der Waals surface area contributed by atoms with Crippen molar-refractivity contribution >= 4 is 12.3 Å². The van der Waals surface area contributed by atoms with E-state index in [9.17, 15) is 9.59 Å². The largest absolute Gasteiger partial charge is 0.365 e. The van der Waals surface area contributed by atoms with Crippen molar-refractivity contribution < 1.29 is 14.3 Å². The molecule has 0 saturated carbocycles. The van der Waals surface area contributed by atoms with Gasteiger partial charge in [0.1, 0.15) is 6.61 Å². The third-order valence-electron chi connectivity index (χ3n) is 1.92. The zero-order valence-electron chi connectivity index (χ0n) is 7.82. The summed E-state index contributed by atoms with van der Waals surface area (Å²) in [6.07, 6.45) is 1.75. The maximum Gasteiger partial charge on any atom is 0.312 e. The maximum absolute atomic E-state index is 11.0. The molecule has 1 aliphatic rings. The van der Waals surface area contributed by atoms with Gasteiger partial charge in [0.2, 0.25) is 5.91 Å². The first kappa shape index (κ1) is 9.98. The summed E-state index contributed by atoms with van der Waals surface area (Å²) in [5.41, 5.74) is 0. The summed E-state index contributed by atoms with van der Waals surface area (Å²) in [7, 11) is 3.36. The van der Waals surface area contributed by atoms with Crippen molar-refractivity contribution in [3.05, 3.63) is 0 Å². The highest BCUT2D eigenvalue weighted by molar-refractivity contribution is 5.76. The summed E-state index contributed by atoms with van der Waals surface area (Å²) in [5.74, 6) is -0.0615. The summed E-state index contributed by atoms with van der Waals surface area (Å²) in [6, 6.07) is 0. The first-order valence-electron chi connectivity index (χ1n) is 4.08. The third kappa shape index (κ3) is 2.69. The number of ether oxygens (including phenoxy) is 1. The van der Waals surface area contributed by atoms with E-state index < -0.39 is 0 Å². The number of hydrogen-bond acceptors (Lipinski definition) is 3. The van der Waals surface area contributed by atoms with Crippen LogP contribution >= 0.6 is 0 Å². The molecule has 0 bridgehead atoms. The summed E-state index contributed by atoms with van der Waals surface area (Å²) in [4.78, 5) is 24.0. The standard InChI is InChI=1S/C8H13N2O3/c1-9(2)8(12)5-13-7-3-10(4-7)6-11/h7H,3-5H2,1-2H3. The molecular weight excluding hydrogens is 172 g/mol. The number of carbonyl (C=O) groups is 1. The molecule has 1 radical (unpaired) electrons. The number of amides is 2. The fraction of sp³-hybridized carbons (Fsp3) is 0.750. The maximum atomic E-state index is 11.0. The van der Waals surface area contributed by atoms with Gasteiger partial charge in [-0.2, -0.15) is 0 Å². The third-order valence-corrected chi connectivity index (χ3v) is 1.92. The van der Waals surface area contributed by atoms with Crippen LogP contribution in [0.4, 0.5) is 0 Å². The highest BCUT2D eigenvalue weighted by atomic mass is 16.5. The number of likely N-dealkylation sites (tertiary alicyclic amines) is 1. The number of nitrogens with zero attached hydrogens (tertiary/aromatic N) is 2. The quantitative estimate of drug-likeness (QED) is 0.555. The lowest BCUT2D eigenvalue weighted by molar-refractivity contribution is -0.138. The molecule has 73 valence electrons. The van der Waals surface area contributed by atoms with Gasteiger partial charge < -0.3 is 14.5 Å². The van der Waals surface area contributed by atoms with Gasteiger partial charge in [-0.1, -0.05) is 0 Å². The molecule has 0 aromatic heterocycles. The van der Waals surface area contributed by atoms with Gasteiger partial charge >= 0.3 is 6.41 Å². The van der Waals surface area contributed by atoms with Gasteiger partial charge in [-0.25, -0.2) is 0 Å². The minimum Gasteiger partial charge on any atom is -0.365 e. The molecule has 0 atom stereocenters. The number of rotatable bonds is 4. The zero-order valence-corrected chi connectivity index (χ0v) is 7.82. The van der Waals surface area contributed by atoms with E-state index in [1.807, 2.05) is 0 Å². The van der Waals surface area contributed by atoms with E-state index >= 15 is 0 Å². The van der Waals surface area contributed by atoms with Crippen molar-refractivity contribution in [3.63, 3.8) is 0 Å². The minimum atomic E-state index is -0.0615. The van der Waals surface area contributed by atoms with Crippen LogP contribution in [0.15, 0.2) is 0 Å². The minimum absolute atomic E-state index is 0.00495. The Morgan fingerprint density at radius 2 is 2.23 bits per heavy atom. The number of carbonyl (C=O) groups excluding carboxylic acids is 2. The van der Waals surface area contributed by atoms with Crippen LogP contribution in [-0.2, 0) is 14.3 Å². The van der Waals surface area contributed by atoms with E-state index in [2.05, 4.69) is 0 Å². The van der Waals surface area contributed by atoms with Gasteiger partial charge in [-0.3, -0.25) is 9.59 Å². The Morgan fingerprint density at radius 1 is 1.62 bits per heavy atom. The predicted octanol–water partition coefficient (Wildman–Crippen LogP) is -1.16. The summed E-state index contributed by atoms with van der Waals surface area (Å²) in [5, 5.41) is 0. The molecule has 13 heavy (non-hydrogen) atoms. The fourth-order valence-electron chi connectivity index (χ4n) is 0.936. The molecule has 0 unspecified atom stereocenters. The first-order valence-corrected chi connectivity index (χ1v) is 4.08. The summed E-state index contributed by atoms with van der Waals surface area (Å²) >= 11 is 0. The van der Waals surface area contributed by atoms with Crippen LogP contribution in [0.3, 0.4) is 0 Å². The van der Waals surface area contributed by atoms with Crippen molar-refractivity contribution in [1.82, 2.24) is 9.80 Å². The molecule has 1 heterocycles. The van der Waals surface area contributed by atoms with E-state index in [0.29, 0.717) is 13.1 Å². The summed E-state index contributed by atoms with van der Waals surface area (Å²) in [6.45, 7) is 1.18. The zero-order chi connectivity index (χ0) is 9.84. The molecule has 5 heteroatoms. The van der Waals surface area contributed by atoms with Crippen molar-refractivity contribution in [1.29, 1.82) is 0 Å². The van der Waals surface area contributed by atoms with Gasteiger partial charge in [-0.05, 0) is 0 Å². The highest BCUT2D eigenvalue weighted by Gasteiger charge is 2.27. The summed E-state index contributed by atoms with van der Waals surface area (Å²) < 4.78 is 5.22. The Kier molecular flexibility index (Phi) is 3.25. The van der Waals surface area contributed by atoms with E-state index in [0.717, 1.165) is 0 Å². The first-order chi connectivity index (χ1) is 6.13. The molecule has 0 aromatic carbocycles. The molecule has 0 aromatic rings. The van der Waals surface area contributed by atoms with Gasteiger partial charge in [0.15, 0.2) is 0 Å². The molecule has 0 spiro atoms. The average molecular weight is 185 g/mol. The molecule has 1 fully saturated rings. The lowest BCUT2D eigenvalue weighted by atomic mass is 10.2. The Hall–Kier alpha value is -1.10. The van der Waals surface area contributed by atoms with Crippen LogP contribution in [0.25, 0.3) is 0 Å². The van der Waals surface area contributed by atoms with E-state index in [1.165, 1.54) is 9.80 Å². The van der Waals surface area contributed by atoms with E-state index in [4.69, 9.17) is 4.74 Å². The Balaban J connectivity index is 2.08. The predicted molar refractivity (Wildman–Crippen MR) is 45.7 cm³/mol. The fourth-order valence-corrected chi connectivity index (χ4v) is 0.936. The van der Waals surface area contributed by atoms with Crippen LogP contribution in [-0.4, -0.2) is 62.0 Å². The number of hydrogen-bond donors (Lipinski definition) is 0. The topological polar surface area (TPSA) is 49.9 Å². The monoisotopic (exact) mass is 185 g/mol. The van der Waals surface area contributed by atoms with Crippen LogP contribution < -0.4 is 0 Å². The molecular formula is C8H13N2O3. The second-order valence-electron chi connectivity index (χ2n) is 3.22. The highest BCUT2D eigenvalue weighted by Crippen LogP contribution is 2.08. The smallest absolute Gasteiger partial charge is 0.312 e. The van der Waals surface area contributed by atoms with Crippen LogP contribution in [0.2, 0.25) is 0 Å². The normalized spacial score (nSPS) is 16.6. The van der Waals surface area contributed by atoms with Crippen LogP contribution in [0.1, 0.15) is 0 Å². The molecule has 1 saturated heterocycles. The van der Waals surface area contributed by atoms with E-state index in [-0.39, 0.29) is 18.6 Å². The van der Waals surface area contributed by atoms with Gasteiger partial charge in [0.05, 0.1) is 6.10 Å². The lowest BCUT2D eigenvalue weighted by Gasteiger charge is -2.35. The molecule has 0 N–H and O–H groups in total. The van der Waals surface area contributed by atoms with Crippen molar-refractivity contribution in [2.45, 2.75) is 6.10 Å².